The molecule has 3 aromatic rings. The Hall–Kier alpha value is -4.76. The maximum atomic E-state index is 15.9. The van der Waals surface area contributed by atoms with Crippen molar-refractivity contribution in [3.8, 4) is 6.07 Å². The summed E-state index contributed by atoms with van der Waals surface area (Å²) in [7, 11) is 0. The number of nitrogens with zero attached hydrogens (tertiary/aromatic N) is 3. The van der Waals surface area contributed by atoms with Crippen molar-refractivity contribution in [2.45, 2.75) is 57.5 Å². The van der Waals surface area contributed by atoms with Gasteiger partial charge in [0.15, 0.2) is 0 Å². The second kappa shape index (κ2) is 11.4. The van der Waals surface area contributed by atoms with Crippen LogP contribution >= 0.6 is 0 Å². The zero-order chi connectivity index (χ0) is 30.3. The molecule has 0 N–H and O–H groups in total. The molecular formula is C38H32F3N3. The predicted octanol–water partition coefficient (Wildman–Crippen LogP) is 10.5. The van der Waals surface area contributed by atoms with E-state index in [-0.39, 0.29) is 16.9 Å². The molecule has 0 saturated carbocycles. The van der Waals surface area contributed by atoms with E-state index in [9.17, 15) is 5.26 Å². The zero-order valence-electron chi connectivity index (χ0n) is 24.4. The van der Waals surface area contributed by atoms with E-state index in [1.165, 1.54) is 6.07 Å². The first-order valence-corrected chi connectivity index (χ1v) is 15.3. The Labute approximate surface area is 256 Å². The number of hydrogen-bond donors (Lipinski definition) is 0. The van der Waals surface area contributed by atoms with Gasteiger partial charge in [0.2, 0.25) is 0 Å². The number of halogens is 3. The summed E-state index contributed by atoms with van der Waals surface area (Å²) in [5.41, 5.74) is 6.23. The van der Waals surface area contributed by atoms with Gasteiger partial charge in [0, 0.05) is 22.8 Å². The van der Waals surface area contributed by atoms with Gasteiger partial charge >= 0.3 is 6.18 Å². The van der Waals surface area contributed by atoms with Crippen LogP contribution in [-0.4, -0.2) is 0 Å². The molecule has 0 unspecified atom stereocenters. The number of para-hydroxylation sites is 2. The second-order valence-electron chi connectivity index (χ2n) is 11.7. The molecule has 2 heterocycles. The Morgan fingerprint density at radius 3 is 2.07 bits per heavy atom. The highest BCUT2D eigenvalue weighted by atomic mass is 19.4. The molecule has 220 valence electrons. The molecule has 0 aromatic heterocycles. The minimum Gasteiger partial charge on any atom is -0.310 e. The van der Waals surface area contributed by atoms with Crippen molar-refractivity contribution >= 4 is 22.7 Å². The molecule has 0 fully saturated rings. The highest BCUT2D eigenvalue weighted by molar-refractivity contribution is 5.88. The molecule has 0 atom stereocenters. The number of fused-ring (bicyclic) bond motifs is 2. The normalized spacial score (nSPS) is 18.0. The van der Waals surface area contributed by atoms with E-state index in [4.69, 9.17) is 0 Å². The van der Waals surface area contributed by atoms with Crippen LogP contribution in [0.1, 0.15) is 60.8 Å². The van der Waals surface area contributed by atoms with Gasteiger partial charge in [-0.1, -0.05) is 60.7 Å². The molecule has 3 nitrogen and oxygen atoms in total. The molecule has 4 aliphatic rings. The van der Waals surface area contributed by atoms with E-state index in [0.717, 1.165) is 84.3 Å². The van der Waals surface area contributed by atoms with Gasteiger partial charge in [0.05, 0.1) is 16.9 Å². The number of benzene rings is 3. The van der Waals surface area contributed by atoms with Crippen LogP contribution in [0.4, 0.5) is 35.9 Å². The van der Waals surface area contributed by atoms with Crippen molar-refractivity contribution in [2.24, 2.45) is 0 Å². The monoisotopic (exact) mass is 587 g/mol. The Bertz CT molecular complexity index is 1830. The molecule has 0 amide bonds. The van der Waals surface area contributed by atoms with Gasteiger partial charge in [0.25, 0.3) is 0 Å². The third-order valence-electron chi connectivity index (χ3n) is 9.08. The summed E-state index contributed by atoms with van der Waals surface area (Å²) in [5.74, 6) is 0. The van der Waals surface area contributed by atoms with Crippen LogP contribution in [0.2, 0.25) is 0 Å². The summed E-state index contributed by atoms with van der Waals surface area (Å²) < 4.78 is 47.6. The summed E-state index contributed by atoms with van der Waals surface area (Å²) in [6.07, 6.45) is 13.4. The average molecular weight is 588 g/mol. The predicted molar refractivity (Wildman–Crippen MR) is 170 cm³/mol. The van der Waals surface area contributed by atoms with E-state index in [1.54, 1.807) is 15.9 Å². The van der Waals surface area contributed by atoms with Crippen LogP contribution in [0.3, 0.4) is 0 Å². The minimum atomic E-state index is -4.76. The first kappa shape index (κ1) is 28.0. The smallest absolute Gasteiger partial charge is 0.310 e. The highest BCUT2D eigenvalue weighted by Crippen LogP contribution is 2.53. The Morgan fingerprint density at radius 1 is 0.659 bits per heavy atom. The lowest BCUT2D eigenvalue weighted by Crippen LogP contribution is -2.26. The molecule has 44 heavy (non-hydrogen) atoms. The minimum absolute atomic E-state index is 0.00217. The van der Waals surface area contributed by atoms with Crippen LogP contribution in [-0.2, 0) is 19.0 Å². The summed E-state index contributed by atoms with van der Waals surface area (Å²) in [5, 5.41) is 10.4. The zero-order valence-corrected chi connectivity index (χ0v) is 24.4. The van der Waals surface area contributed by atoms with Gasteiger partial charge in [-0.25, -0.2) is 0 Å². The fourth-order valence-corrected chi connectivity index (χ4v) is 7.06. The highest BCUT2D eigenvalue weighted by Gasteiger charge is 2.43. The first-order chi connectivity index (χ1) is 21.5. The number of anilines is 4. The summed E-state index contributed by atoms with van der Waals surface area (Å²) >= 11 is 0. The molecule has 3 aromatic carbocycles. The molecule has 0 saturated heterocycles. The van der Waals surface area contributed by atoms with Crippen molar-refractivity contribution in [2.75, 3.05) is 9.80 Å². The van der Waals surface area contributed by atoms with Crippen molar-refractivity contribution < 1.29 is 13.2 Å². The van der Waals surface area contributed by atoms with Crippen molar-refractivity contribution in [1.29, 1.82) is 5.26 Å². The molecule has 2 aliphatic carbocycles. The van der Waals surface area contributed by atoms with Crippen LogP contribution in [0, 0.1) is 11.3 Å². The molecule has 2 aliphatic heterocycles. The van der Waals surface area contributed by atoms with Gasteiger partial charge in [-0.15, -0.1) is 0 Å². The second-order valence-corrected chi connectivity index (χ2v) is 11.7. The first-order valence-electron chi connectivity index (χ1n) is 15.3. The molecule has 0 spiro atoms. The molecule has 0 bridgehead atoms. The van der Waals surface area contributed by atoms with E-state index >= 15 is 13.2 Å². The topological polar surface area (TPSA) is 30.3 Å². The SMILES string of the molecule is N#Cc1ccc(N2C3=C(CC=CC=C3)CCc3ccccc32)c(C(F)(F)F)c1N1C2=C(CCCC=C2)CCc2ccccc21. The van der Waals surface area contributed by atoms with Crippen LogP contribution in [0.25, 0.3) is 0 Å². The molecule has 6 heteroatoms. The van der Waals surface area contributed by atoms with Crippen LogP contribution < -0.4 is 9.80 Å². The van der Waals surface area contributed by atoms with Gasteiger partial charge in [-0.2, -0.15) is 18.4 Å². The Kier molecular flexibility index (Phi) is 7.26. The van der Waals surface area contributed by atoms with E-state index in [0.29, 0.717) is 12.1 Å². The van der Waals surface area contributed by atoms with Crippen LogP contribution in [0.15, 0.2) is 120 Å². The average Bonchev–Trinajstić information content (AvgIpc) is 3.51. The Balaban J connectivity index is 1.59. The van der Waals surface area contributed by atoms with E-state index in [2.05, 4.69) is 18.2 Å². The Morgan fingerprint density at radius 2 is 1.34 bits per heavy atom. The largest absolute Gasteiger partial charge is 0.420 e. The fraction of sp³-hybridized carbons (Fsp3) is 0.237. The lowest BCUT2D eigenvalue weighted by molar-refractivity contribution is -0.136. The van der Waals surface area contributed by atoms with Crippen molar-refractivity contribution in [3.05, 3.63) is 142 Å². The number of nitriles is 1. The van der Waals surface area contributed by atoms with Crippen molar-refractivity contribution in [3.63, 3.8) is 0 Å². The number of aryl methyl sites for hydroxylation is 2. The molecular weight excluding hydrogens is 555 g/mol. The van der Waals surface area contributed by atoms with Gasteiger partial charge in [-0.3, -0.25) is 0 Å². The third-order valence-corrected chi connectivity index (χ3v) is 9.08. The lowest BCUT2D eigenvalue weighted by Gasteiger charge is -2.35. The van der Waals surface area contributed by atoms with E-state index in [1.807, 2.05) is 72.8 Å². The third kappa shape index (κ3) is 4.87. The van der Waals surface area contributed by atoms with Crippen molar-refractivity contribution in [1.82, 2.24) is 0 Å². The quantitative estimate of drug-likeness (QED) is 0.299. The molecule has 0 radical (unpaired) electrons. The number of allylic oxidation sites excluding steroid dienone is 8. The maximum absolute atomic E-state index is 15.9. The summed E-state index contributed by atoms with van der Waals surface area (Å²) in [6, 6.07) is 20.6. The van der Waals surface area contributed by atoms with Gasteiger partial charge in [0.1, 0.15) is 11.6 Å². The number of alkyl halides is 3. The standard InChI is InChI=1S/C38H32F3N3/c39-38(40,41)36-35(43-31-15-5-1-3-11-26(31)19-20-27-13-7-9-17-32(27)43)24-23-30(25-42)37(36)44-33-16-6-2-4-12-28(33)21-22-29-14-8-10-18-34(29)44/h1,3,5-10,13-18,23-24H,2,4,11-12,19-22H2. The summed E-state index contributed by atoms with van der Waals surface area (Å²) in [4.78, 5) is 3.53. The fourth-order valence-electron chi connectivity index (χ4n) is 7.06. The molecule has 7 rings (SSSR count). The number of hydrogen-bond acceptors (Lipinski definition) is 3. The van der Waals surface area contributed by atoms with Gasteiger partial charge < -0.3 is 9.80 Å². The van der Waals surface area contributed by atoms with E-state index < -0.39 is 11.7 Å². The lowest BCUT2D eigenvalue weighted by atomic mass is 9.98. The number of rotatable bonds is 2. The summed E-state index contributed by atoms with van der Waals surface area (Å²) in [6.45, 7) is 0. The van der Waals surface area contributed by atoms with Gasteiger partial charge in [-0.05, 0) is 110 Å². The van der Waals surface area contributed by atoms with Crippen LogP contribution in [0.5, 0.6) is 0 Å². The maximum Gasteiger partial charge on any atom is 0.420 e.